The molecular weight excluding hydrogens is 302 g/mol. The van der Waals surface area contributed by atoms with E-state index in [2.05, 4.69) is 57.7 Å². The van der Waals surface area contributed by atoms with Crippen LogP contribution in [0.4, 0.5) is 10.9 Å². The van der Waals surface area contributed by atoms with Crippen LogP contribution in [-0.2, 0) is 6.42 Å². The molecule has 0 bridgehead atoms. The van der Waals surface area contributed by atoms with Crippen molar-refractivity contribution < 1.29 is 0 Å². The monoisotopic (exact) mass is 317 g/mol. The highest BCUT2D eigenvalue weighted by Crippen LogP contribution is 2.26. The zero-order chi connectivity index (χ0) is 15.5. The molecule has 1 N–H and O–H groups in total. The lowest BCUT2D eigenvalue weighted by atomic mass is 10.0. The van der Waals surface area contributed by atoms with Crippen LogP contribution in [0.15, 0.2) is 73.1 Å². The Bertz CT molecular complexity index is 926. The summed E-state index contributed by atoms with van der Waals surface area (Å²) in [5, 5.41) is 6.70. The van der Waals surface area contributed by atoms with Gasteiger partial charge in [-0.05, 0) is 28.5 Å². The molecule has 0 radical (unpaired) electrons. The van der Waals surface area contributed by atoms with Crippen molar-refractivity contribution in [3.63, 3.8) is 0 Å². The molecule has 23 heavy (non-hydrogen) atoms. The number of aromatic nitrogens is 2. The Hall–Kier alpha value is -2.72. The van der Waals surface area contributed by atoms with Crippen LogP contribution < -0.4 is 5.32 Å². The first-order chi connectivity index (χ1) is 11.4. The fourth-order valence-corrected chi connectivity index (χ4v) is 3.47. The number of nitrogens with zero attached hydrogens (tertiary/aromatic N) is 2. The average Bonchev–Trinajstić information content (AvgIpc) is 3.03. The molecule has 0 spiro atoms. The average molecular weight is 317 g/mol. The summed E-state index contributed by atoms with van der Waals surface area (Å²) >= 11 is 1.67. The van der Waals surface area contributed by atoms with E-state index in [9.17, 15) is 0 Å². The van der Waals surface area contributed by atoms with Gasteiger partial charge < -0.3 is 5.32 Å². The molecule has 3 nitrogen and oxygen atoms in total. The Morgan fingerprint density at radius 3 is 2.65 bits per heavy atom. The lowest BCUT2D eigenvalue weighted by molar-refractivity contribution is 1.23. The van der Waals surface area contributed by atoms with Crippen LogP contribution >= 0.6 is 11.3 Å². The Morgan fingerprint density at radius 2 is 1.74 bits per heavy atom. The van der Waals surface area contributed by atoms with Gasteiger partial charge in [-0.3, -0.25) is 0 Å². The highest BCUT2D eigenvalue weighted by atomic mass is 32.1. The van der Waals surface area contributed by atoms with Gasteiger partial charge in [0.05, 0.1) is 0 Å². The van der Waals surface area contributed by atoms with E-state index in [0.29, 0.717) is 0 Å². The summed E-state index contributed by atoms with van der Waals surface area (Å²) in [6, 6.07) is 20.8. The molecule has 0 saturated carbocycles. The number of hydrogen-bond donors (Lipinski definition) is 1. The van der Waals surface area contributed by atoms with Crippen LogP contribution in [0.5, 0.6) is 0 Å². The van der Waals surface area contributed by atoms with Gasteiger partial charge in [-0.2, -0.15) is 0 Å². The zero-order valence-corrected chi connectivity index (χ0v) is 13.3. The quantitative estimate of drug-likeness (QED) is 0.574. The fraction of sp³-hybridized carbons (Fsp3) is 0.0526. The molecule has 4 aromatic rings. The molecule has 4 rings (SSSR count). The maximum absolute atomic E-state index is 4.46. The lowest BCUT2D eigenvalue weighted by Crippen LogP contribution is -1.90. The molecular formula is C19H15N3S. The van der Waals surface area contributed by atoms with E-state index in [1.54, 1.807) is 17.5 Å². The van der Waals surface area contributed by atoms with Gasteiger partial charge in [0.1, 0.15) is 5.82 Å². The fourth-order valence-electron chi connectivity index (χ4n) is 2.63. The van der Waals surface area contributed by atoms with Crippen molar-refractivity contribution in [3.05, 3.63) is 83.5 Å². The Morgan fingerprint density at radius 1 is 0.870 bits per heavy atom. The summed E-state index contributed by atoms with van der Waals surface area (Å²) in [7, 11) is 0. The van der Waals surface area contributed by atoms with Crippen LogP contribution in [0, 0.1) is 0 Å². The minimum atomic E-state index is 0.818. The second-order valence-electron chi connectivity index (χ2n) is 5.29. The van der Waals surface area contributed by atoms with Crippen LogP contribution in [-0.4, -0.2) is 9.97 Å². The molecule has 0 amide bonds. The maximum Gasteiger partial charge on any atom is 0.188 e. The van der Waals surface area contributed by atoms with Gasteiger partial charge in [0.2, 0.25) is 0 Å². The number of thiazole rings is 1. The van der Waals surface area contributed by atoms with Crippen LogP contribution in [0.2, 0.25) is 0 Å². The van der Waals surface area contributed by atoms with E-state index in [1.165, 1.54) is 21.2 Å². The van der Waals surface area contributed by atoms with Crippen LogP contribution in [0.3, 0.4) is 0 Å². The van der Waals surface area contributed by atoms with E-state index < -0.39 is 0 Å². The molecule has 0 aliphatic carbocycles. The van der Waals surface area contributed by atoms with Crippen LogP contribution in [0.1, 0.15) is 10.4 Å². The first-order valence-corrected chi connectivity index (χ1v) is 8.29. The minimum Gasteiger partial charge on any atom is -0.316 e. The smallest absolute Gasteiger partial charge is 0.188 e. The Balaban J connectivity index is 1.57. The molecule has 0 aliphatic heterocycles. The highest BCUT2D eigenvalue weighted by molar-refractivity contribution is 7.15. The predicted octanol–water partition coefficient (Wildman–Crippen LogP) is 5.03. The van der Waals surface area contributed by atoms with Gasteiger partial charge >= 0.3 is 0 Å². The largest absolute Gasteiger partial charge is 0.316 e. The number of nitrogens with one attached hydrogen (secondary N) is 1. The van der Waals surface area contributed by atoms with Gasteiger partial charge in [-0.15, -0.1) is 11.3 Å². The second kappa shape index (κ2) is 6.18. The van der Waals surface area contributed by atoms with Crippen molar-refractivity contribution >= 4 is 33.1 Å². The van der Waals surface area contributed by atoms with Crippen LogP contribution in [0.25, 0.3) is 10.8 Å². The van der Waals surface area contributed by atoms with E-state index in [0.717, 1.165) is 17.4 Å². The molecule has 0 unspecified atom stereocenters. The standard InChI is InChI=1S/C19H15N3S/c1-2-9-17-14(6-1)7-5-8-15(17)12-16-13-21-19(23-16)22-18-10-3-4-11-20-18/h1-11,13H,12H2,(H,20,21,22). The molecule has 4 heteroatoms. The number of rotatable bonds is 4. The molecule has 0 fully saturated rings. The zero-order valence-electron chi connectivity index (χ0n) is 12.4. The van der Waals surface area contributed by atoms with E-state index in [4.69, 9.17) is 0 Å². The van der Waals surface area contributed by atoms with Crippen molar-refractivity contribution in [2.45, 2.75) is 6.42 Å². The summed E-state index contributed by atoms with van der Waals surface area (Å²) in [5.41, 5.74) is 1.33. The summed E-state index contributed by atoms with van der Waals surface area (Å²) in [6.45, 7) is 0. The molecule has 0 saturated heterocycles. The Labute approximate surface area is 138 Å². The van der Waals surface area contributed by atoms with Crippen molar-refractivity contribution in [2.75, 3.05) is 5.32 Å². The normalized spacial score (nSPS) is 10.8. The molecule has 0 atom stereocenters. The number of anilines is 2. The lowest BCUT2D eigenvalue weighted by Gasteiger charge is -2.04. The molecule has 2 heterocycles. The first-order valence-electron chi connectivity index (χ1n) is 7.48. The molecule has 2 aromatic heterocycles. The predicted molar refractivity (Wildman–Crippen MR) is 96.4 cm³/mol. The third-order valence-electron chi connectivity index (χ3n) is 3.70. The number of fused-ring (bicyclic) bond motifs is 1. The van der Waals surface area contributed by atoms with Crippen molar-refractivity contribution in [2.24, 2.45) is 0 Å². The minimum absolute atomic E-state index is 0.818. The molecule has 2 aromatic carbocycles. The van der Waals surface area contributed by atoms with Crippen molar-refractivity contribution in [1.82, 2.24) is 9.97 Å². The first kappa shape index (κ1) is 13.9. The summed E-state index contributed by atoms with van der Waals surface area (Å²) in [4.78, 5) is 9.95. The molecule has 112 valence electrons. The van der Waals surface area contributed by atoms with Gasteiger partial charge in [0.25, 0.3) is 0 Å². The number of hydrogen-bond acceptors (Lipinski definition) is 4. The topological polar surface area (TPSA) is 37.8 Å². The summed E-state index contributed by atoms with van der Waals surface area (Å²) in [5.74, 6) is 0.818. The van der Waals surface area contributed by atoms with Crippen molar-refractivity contribution in [1.29, 1.82) is 0 Å². The van der Waals surface area contributed by atoms with Gasteiger partial charge in [0, 0.05) is 23.7 Å². The van der Waals surface area contributed by atoms with E-state index in [-0.39, 0.29) is 0 Å². The van der Waals surface area contributed by atoms with E-state index >= 15 is 0 Å². The molecule has 0 aliphatic rings. The van der Waals surface area contributed by atoms with Gasteiger partial charge in [0.15, 0.2) is 5.13 Å². The summed E-state index contributed by atoms with van der Waals surface area (Å²) < 4.78 is 0. The number of benzene rings is 2. The van der Waals surface area contributed by atoms with Crippen molar-refractivity contribution in [3.8, 4) is 0 Å². The maximum atomic E-state index is 4.46. The van der Waals surface area contributed by atoms with E-state index in [1.807, 2.05) is 24.4 Å². The highest BCUT2D eigenvalue weighted by Gasteiger charge is 2.06. The third-order valence-corrected chi connectivity index (χ3v) is 4.61. The van der Waals surface area contributed by atoms with Gasteiger partial charge in [-0.1, -0.05) is 48.5 Å². The van der Waals surface area contributed by atoms with Gasteiger partial charge in [-0.25, -0.2) is 9.97 Å². The summed E-state index contributed by atoms with van der Waals surface area (Å²) in [6.07, 6.45) is 4.60. The number of pyridine rings is 1. The second-order valence-corrected chi connectivity index (χ2v) is 6.40. The third kappa shape index (κ3) is 3.07. The Kier molecular flexibility index (Phi) is 3.74. The SMILES string of the molecule is c1ccc(Nc2ncc(Cc3cccc4ccccc34)s2)nc1.